The molecule has 0 saturated carbocycles. The Morgan fingerprint density at radius 1 is 1.27 bits per heavy atom. The van der Waals surface area contributed by atoms with Gasteiger partial charge < -0.3 is 9.64 Å². The number of nitrogens with zero attached hydrogens (tertiary/aromatic N) is 2. The van der Waals surface area contributed by atoms with Crippen LogP contribution in [0.5, 0.6) is 0 Å². The second-order valence-corrected chi connectivity index (χ2v) is 3.82. The summed E-state index contributed by atoms with van der Waals surface area (Å²) in [6.07, 6.45) is 3.06. The minimum absolute atomic E-state index is 0.866. The topological polar surface area (TPSA) is 15.7 Å². The van der Waals surface area contributed by atoms with Crippen LogP contribution in [0.15, 0.2) is 18.5 Å². The van der Waals surface area contributed by atoms with E-state index in [1.54, 1.807) is 0 Å². The second-order valence-electron chi connectivity index (χ2n) is 3.82. The molecule has 15 heavy (non-hydrogen) atoms. The molecule has 1 rings (SSSR count). The van der Waals surface area contributed by atoms with Gasteiger partial charge in [0.15, 0.2) is 0 Å². The predicted molar refractivity (Wildman–Crippen MR) is 62.8 cm³/mol. The lowest BCUT2D eigenvalue weighted by Crippen LogP contribution is -2.45. The Balaban J connectivity index is 2.06. The highest BCUT2D eigenvalue weighted by atomic mass is 16.5. The molecule has 0 unspecified atom stereocenters. The summed E-state index contributed by atoms with van der Waals surface area (Å²) >= 11 is 0. The largest absolute Gasteiger partial charge is 0.380 e. The van der Waals surface area contributed by atoms with E-state index >= 15 is 0 Å². The van der Waals surface area contributed by atoms with Crippen LogP contribution in [0, 0.1) is 0 Å². The van der Waals surface area contributed by atoms with E-state index < -0.39 is 0 Å². The van der Waals surface area contributed by atoms with Crippen molar-refractivity contribution in [2.45, 2.75) is 13.3 Å². The lowest BCUT2D eigenvalue weighted by atomic mass is 10.3. The highest BCUT2D eigenvalue weighted by Crippen LogP contribution is 2.01. The third-order valence-corrected chi connectivity index (χ3v) is 2.58. The zero-order valence-electron chi connectivity index (χ0n) is 9.74. The molecule has 0 radical (unpaired) electrons. The summed E-state index contributed by atoms with van der Waals surface area (Å²) in [6, 6.07) is 0. The van der Waals surface area contributed by atoms with E-state index in [0.29, 0.717) is 0 Å². The van der Waals surface area contributed by atoms with Gasteiger partial charge in [0, 0.05) is 45.5 Å². The third kappa shape index (κ3) is 5.03. The first-order valence-electron chi connectivity index (χ1n) is 5.77. The van der Waals surface area contributed by atoms with Crippen LogP contribution < -0.4 is 0 Å². The number of rotatable bonds is 6. The molecule has 0 amide bonds. The Kier molecular flexibility index (Phi) is 6.17. The van der Waals surface area contributed by atoms with Crippen molar-refractivity contribution in [2.24, 2.45) is 0 Å². The molecule has 1 aliphatic heterocycles. The van der Waals surface area contributed by atoms with E-state index in [9.17, 15) is 0 Å². The van der Waals surface area contributed by atoms with Crippen LogP contribution in [0.25, 0.3) is 0 Å². The fraction of sp³-hybridized carbons (Fsp3) is 0.750. The molecular weight excluding hydrogens is 188 g/mol. The minimum Gasteiger partial charge on any atom is -0.380 e. The molecule has 1 aliphatic rings. The summed E-state index contributed by atoms with van der Waals surface area (Å²) in [5, 5.41) is 0. The standard InChI is InChI=1S/C12H22N2O/c1-3-5-13-6-8-14(9-7-13)10-12-15-11-4-2/h5H,1,4,6-12H2,2H3. The molecular formula is C12H22N2O. The smallest absolute Gasteiger partial charge is 0.0593 e. The van der Waals surface area contributed by atoms with Crippen LogP contribution in [-0.2, 0) is 4.74 Å². The summed E-state index contributed by atoms with van der Waals surface area (Å²) in [6.45, 7) is 12.9. The molecule has 0 atom stereocenters. The number of hydrogen-bond donors (Lipinski definition) is 0. The van der Waals surface area contributed by atoms with Crippen molar-refractivity contribution < 1.29 is 4.74 Å². The molecule has 0 spiro atoms. The van der Waals surface area contributed by atoms with Gasteiger partial charge in [-0.25, -0.2) is 0 Å². The van der Waals surface area contributed by atoms with Crippen LogP contribution in [0.1, 0.15) is 13.3 Å². The van der Waals surface area contributed by atoms with Crippen LogP contribution >= 0.6 is 0 Å². The van der Waals surface area contributed by atoms with E-state index in [-0.39, 0.29) is 0 Å². The normalized spacial score (nSPS) is 17.5. The predicted octanol–water partition coefficient (Wildman–Crippen LogP) is 1.33. The van der Waals surface area contributed by atoms with Gasteiger partial charge in [-0.3, -0.25) is 4.90 Å². The summed E-state index contributed by atoms with van der Waals surface area (Å²) in [5.74, 6) is 0. The Labute approximate surface area is 93.0 Å². The quantitative estimate of drug-likeness (QED) is 0.486. The maximum atomic E-state index is 5.47. The van der Waals surface area contributed by atoms with Crippen molar-refractivity contribution in [1.29, 1.82) is 0 Å². The lowest BCUT2D eigenvalue weighted by Gasteiger charge is -2.33. The molecule has 0 N–H and O–H groups in total. The zero-order chi connectivity index (χ0) is 10.9. The molecule has 3 nitrogen and oxygen atoms in total. The summed E-state index contributed by atoms with van der Waals surface area (Å²) < 4.78 is 5.47. The average Bonchev–Trinajstić information content (AvgIpc) is 2.27. The second kappa shape index (κ2) is 7.52. The summed E-state index contributed by atoms with van der Waals surface area (Å²) in [7, 11) is 0. The molecule has 0 aromatic rings. The van der Waals surface area contributed by atoms with Gasteiger partial charge in [0.1, 0.15) is 0 Å². The van der Waals surface area contributed by atoms with Gasteiger partial charge in [-0.2, -0.15) is 0 Å². The fourth-order valence-electron chi connectivity index (χ4n) is 1.69. The van der Waals surface area contributed by atoms with Crippen LogP contribution in [0.2, 0.25) is 0 Å². The van der Waals surface area contributed by atoms with Gasteiger partial charge in [0.05, 0.1) is 6.61 Å². The van der Waals surface area contributed by atoms with Crippen LogP contribution in [-0.4, -0.2) is 55.7 Å². The van der Waals surface area contributed by atoms with Gasteiger partial charge in [0.25, 0.3) is 0 Å². The Hall–Kier alpha value is -0.760. The monoisotopic (exact) mass is 210 g/mol. The molecule has 1 heterocycles. The molecule has 0 aromatic carbocycles. The van der Waals surface area contributed by atoms with E-state index in [1.807, 2.05) is 6.20 Å². The van der Waals surface area contributed by atoms with Gasteiger partial charge in [-0.1, -0.05) is 13.5 Å². The van der Waals surface area contributed by atoms with Gasteiger partial charge in [-0.05, 0) is 6.42 Å². The zero-order valence-corrected chi connectivity index (χ0v) is 9.74. The fourth-order valence-corrected chi connectivity index (χ4v) is 1.69. The summed E-state index contributed by atoms with van der Waals surface area (Å²) in [5.41, 5.74) is 2.82. The van der Waals surface area contributed by atoms with Crippen LogP contribution in [0.3, 0.4) is 0 Å². The van der Waals surface area contributed by atoms with Gasteiger partial charge >= 0.3 is 0 Å². The molecule has 3 heteroatoms. The number of piperazine rings is 1. The van der Waals surface area contributed by atoms with E-state index in [0.717, 1.165) is 52.4 Å². The molecule has 0 bridgehead atoms. The first-order chi connectivity index (χ1) is 7.36. The molecule has 0 aliphatic carbocycles. The third-order valence-electron chi connectivity index (χ3n) is 2.58. The number of hydrogen-bond acceptors (Lipinski definition) is 3. The van der Waals surface area contributed by atoms with Gasteiger partial charge in [-0.15, -0.1) is 5.73 Å². The lowest BCUT2D eigenvalue weighted by molar-refractivity contribution is 0.0860. The van der Waals surface area contributed by atoms with E-state index in [1.165, 1.54) is 0 Å². The highest BCUT2D eigenvalue weighted by molar-refractivity contribution is 4.82. The van der Waals surface area contributed by atoms with Gasteiger partial charge in [0.2, 0.25) is 0 Å². The molecule has 86 valence electrons. The number of ether oxygens (including phenoxy) is 1. The average molecular weight is 210 g/mol. The maximum absolute atomic E-state index is 5.47. The minimum atomic E-state index is 0.866. The SMILES string of the molecule is C=C=CN1CCN(CCOCCC)CC1. The molecule has 1 saturated heterocycles. The Morgan fingerprint density at radius 3 is 2.60 bits per heavy atom. The van der Waals surface area contributed by atoms with Crippen LogP contribution in [0.4, 0.5) is 0 Å². The Morgan fingerprint density at radius 2 is 2.00 bits per heavy atom. The summed E-state index contributed by atoms with van der Waals surface area (Å²) in [4.78, 5) is 4.71. The van der Waals surface area contributed by atoms with Crippen molar-refractivity contribution in [2.75, 3.05) is 45.9 Å². The van der Waals surface area contributed by atoms with Crippen molar-refractivity contribution in [3.63, 3.8) is 0 Å². The highest BCUT2D eigenvalue weighted by Gasteiger charge is 2.13. The van der Waals surface area contributed by atoms with Crippen molar-refractivity contribution in [3.05, 3.63) is 18.5 Å². The Bertz CT molecular complexity index is 204. The first kappa shape index (κ1) is 12.3. The van der Waals surface area contributed by atoms with Crippen molar-refractivity contribution in [3.8, 4) is 0 Å². The van der Waals surface area contributed by atoms with Crippen molar-refractivity contribution in [1.82, 2.24) is 9.80 Å². The maximum Gasteiger partial charge on any atom is 0.0593 e. The van der Waals surface area contributed by atoms with E-state index in [2.05, 4.69) is 29.0 Å². The molecule has 1 fully saturated rings. The first-order valence-corrected chi connectivity index (χ1v) is 5.77. The van der Waals surface area contributed by atoms with Crippen molar-refractivity contribution >= 4 is 0 Å². The van der Waals surface area contributed by atoms with E-state index in [4.69, 9.17) is 4.74 Å². The molecule has 0 aromatic heterocycles.